The molecule has 0 saturated carbocycles. The molecule has 3 aromatic rings. The van der Waals surface area contributed by atoms with Crippen LogP contribution in [0.1, 0.15) is 29.1 Å². The average molecular weight is 352 g/mol. The van der Waals surface area contributed by atoms with Gasteiger partial charge in [-0.25, -0.2) is 15.0 Å². The molecule has 7 heteroatoms. The van der Waals surface area contributed by atoms with E-state index in [0.29, 0.717) is 6.04 Å². The first kappa shape index (κ1) is 15.0. The highest BCUT2D eigenvalue weighted by Crippen LogP contribution is 2.39. The van der Waals surface area contributed by atoms with Crippen LogP contribution in [0.5, 0.6) is 0 Å². The summed E-state index contributed by atoms with van der Waals surface area (Å²) in [4.78, 5) is 22.8. The van der Waals surface area contributed by atoms with Gasteiger partial charge in [-0.1, -0.05) is 0 Å². The molecule has 1 aliphatic heterocycles. The molecule has 1 saturated heterocycles. The van der Waals surface area contributed by atoms with Crippen LogP contribution in [0.2, 0.25) is 0 Å². The molecule has 6 nitrogen and oxygen atoms in total. The lowest BCUT2D eigenvalue weighted by molar-refractivity contribution is 0.542. The second-order valence-electron chi connectivity index (χ2n) is 6.82. The van der Waals surface area contributed by atoms with Gasteiger partial charge < -0.3 is 10.2 Å². The predicted molar refractivity (Wildman–Crippen MR) is 100 cm³/mol. The van der Waals surface area contributed by atoms with Crippen molar-refractivity contribution in [1.82, 2.24) is 19.9 Å². The monoisotopic (exact) mass is 352 g/mol. The lowest BCUT2D eigenvalue weighted by Gasteiger charge is -2.40. The highest BCUT2D eigenvalue weighted by molar-refractivity contribution is 7.19. The number of hydrogen-bond acceptors (Lipinski definition) is 7. The molecule has 0 unspecified atom stereocenters. The molecular weight excluding hydrogens is 332 g/mol. The van der Waals surface area contributed by atoms with E-state index in [0.717, 1.165) is 41.8 Å². The largest absolute Gasteiger partial charge is 0.363 e. The molecule has 3 aromatic heterocycles. The van der Waals surface area contributed by atoms with Gasteiger partial charge in [0.2, 0.25) is 0 Å². The molecule has 1 aliphatic carbocycles. The zero-order valence-corrected chi connectivity index (χ0v) is 15.0. The Morgan fingerprint density at radius 1 is 1.16 bits per heavy atom. The molecule has 2 aliphatic rings. The number of rotatable bonds is 3. The Hall–Kier alpha value is -2.28. The first-order valence-electron chi connectivity index (χ1n) is 8.84. The van der Waals surface area contributed by atoms with Gasteiger partial charge in [-0.2, -0.15) is 0 Å². The van der Waals surface area contributed by atoms with Gasteiger partial charge in [0.05, 0.1) is 17.6 Å². The highest BCUT2D eigenvalue weighted by Gasteiger charge is 2.29. The summed E-state index contributed by atoms with van der Waals surface area (Å²) in [7, 11) is 0. The van der Waals surface area contributed by atoms with E-state index in [1.165, 1.54) is 35.1 Å². The fraction of sp³-hybridized carbons (Fsp3) is 0.444. The molecular formula is C18H20N6S. The summed E-state index contributed by atoms with van der Waals surface area (Å²) in [5, 5.41) is 4.93. The molecule has 128 valence electrons. The first-order valence-corrected chi connectivity index (χ1v) is 9.66. The van der Waals surface area contributed by atoms with E-state index in [1.54, 1.807) is 12.4 Å². The van der Waals surface area contributed by atoms with Crippen molar-refractivity contribution < 1.29 is 0 Å². The van der Waals surface area contributed by atoms with Crippen molar-refractivity contribution in [2.24, 2.45) is 0 Å². The van der Waals surface area contributed by atoms with Crippen LogP contribution in [-0.4, -0.2) is 39.1 Å². The van der Waals surface area contributed by atoms with Crippen LogP contribution in [0.15, 0.2) is 18.6 Å². The average Bonchev–Trinajstić information content (AvgIpc) is 2.96. The molecule has 4 heterocycles. The minimum atomic E-state index is 0.388. The van der Waals surface area contributed by atoms with Gasteiger partial charge in [-0.05, 0) is 38.2 Å². The summed E-state index contributed by atoms with van der Waals surface area (Å²) in [6, 6.07) is 0.388. The summed E-state index contributed by atoms with van der Waals surface area (Å²) in [6.45, 7) is 3.83. The van der Waals surface area contributed by atoms with Crippen molar-refractivity contribution in [3.8, 4) is 0 Å². The second-order valence-corrected chi connectivity index (χ2v) is 7.90. The van der Waals surface area contributed by atoms with Crippen molar-refractivity contribution in [1.29, 1.82) is 0 Å². The minimum absolute atomic E-state index is 0.388. The first-order chi connectivity index (χ1) is 12.3. The Bertz CT molecular complexity index is 916. The van der Waals surface area contributed by atoms with Gasteiger partial charge in [0, 0.05) is 30.4 Å². The maximum atomic E-state index is 4.74. The van der Waals surface area contributed by atoms with Gasteiger partial charge in [0.25, 0.3) is 0 Å². The minimum Gasteiger partial charge on any atom is -0.363 e. The van der Waals surface area contributed by atoms with Crippen LogP contribution >= 0.6 is 11.3 Å². The number of aromatic nitrogens is 4. The number of fused-ring (bicyclic) bond motifs is 3. The van der Waals surface area contributed by atoms with Crippen LogP contribution in [0.3, 0.4) is 0 Å². The molecule has 1 fully saturated rings. The van der Waals surface area contributed by atoms with Gasteiger partial charge in [-0.15, -0.1) is 11.3 Å². The van der Waals surface area contributed by atoms with Gasteiger partial charge >= 0.3 is 0 Å². The Kier molecular flexibility index (Phi) is 3.55. The second kappa shape index (κ2) is 5.91. The van der Waals surface area contributed by atoms with Crippen molar-refractivity contribution in [2.75, 3.05) is 23.3 Å². The van der Waals surface area contributed by atoms with E-state index in [-0.39, 0.29) is 0 Å². The van der Waals surface area contributed by atoms with Crippen LogP contribution in [0.25, 0.3) is 10.2 Å². The quantitative estimate of drug-likeness (QED) is 0.782. The summed E-state index contributed by atoms with van der Waals surface area (Å²) < 4.78 is 0. The highest BCUT2D eigenvalue weighted by atomic mass is 32.1. The maximum Gasteiger partial charge on any atom is 0.147 e. The third-order valence-electron chi connectivity index (χ3n) is 5.02. The molecule has 0 radical (unpaired) electrons. The summed E-state index contributed by atoms with van der Waals surface area (Å²) in [5.74, 6) is 2.81. The van der Waals surface area contributed by atoms with Gasteiger partial charge in [0.15, 0.2) is 0 Å². The molecule has 0 spiro atoms. The van der Waals surface area contributed by atoms with E-state index in [4.69, 9.17) is 9.97 Å². The molecule has 1 N–H and O–H groups in total. The van der Waals surface area contributed by atoms with E-state index < -0.39 is 0 Å². The molecule has 0 atom stereocenters. The van der Waals surface area contributed by atoms with E-state index in [1.807, 2.05) is 24.5 Å². The van der Waals surface area contributed by atoms with Gasteiger partial charge in [-0.3, -0.25) is 4.98 Å². The number of thiophene rings is 1. The van der Waals surface area contributed by atoms with Crippen molar-refractivity contribution in [2.45, 2.75) is 38.6 Å². The Morgan fingerprint density at radius 2 is 2.04 bits per heavy atom. The number of aryl methyl sites for hydroxylation is 3. The third-order valence-corrected chi connectivity index (χ3v) is 6.21. The molecule has 25 heavy (non-hydrogen) atoms. The molecule has 5 rings (SSSR count). The van der Waals surface area contributed by atoms with Crippen LogP contribution in [-0.2, 0) is 12.8 Å². The zero-order chi connectivity index (χ0) is 16.8. The van der Waals surface area contributed by atoms with Crippen molar-refractivity contribution >= 4 is 33.2 Å². The number of hydrogen-bond donors (Lipinski definition) is 1. The van der Waals surface area contributed by atoms with E-state index in [2.05, 4.69) is 20.2 Å². The number of nitrogens with zero attached hydrogens (tertiary/aromatic N) is 5. The van der Waals surface area contributed by atoms with E-state index >= 15 is 0 Å². The normalized spacial score (nSPS) is 17.4. The molecule has 0 aromatic carbocycles. The lowest BCUT2D eigenvalue weighted by atomic mass is 9.97. The SMILES string of the molecule is Cc1nc(NC2CN(c3cnccn3)C2)c2c3c(sc2n1)CCCC3. The molecule has 0 amide bonds. The Labute approximate surface area is 150 Å². The van der Waals surface area contributed by atoms with Gasteiger partial charge in [0.1, 0.15) is 22.3 Å². The Balaban J connectivity index is 1.41. The summed E-state index contributed by atoms with van der Waals surface area (Å²) in [6.07, 6.45) is 10.2. The summed E-state index contributed by atoms with van der Waals surface area (Å²) >= 11 is 1.86. The van der Waals surface area contributed by atoms with Crippen molar-refractivity contribution in [3.05, 3.63) is 34.9 Å². The standard InChI is InChI=1S/C18H20N6S/c1-11-21-17(16-13-4-2-3-5-14(13)25-18(16)22-11)23-12-9-24(10-12)15-8-19-6-7-20-15/h6-8,12H,2-5,9-10H2,1H3,(H,21,22,23). The zero-order valence-electron chi connectivity index (χ0n) is 14.2. The number of nitrogens with one attached hydrogen (secondary N) is 1. The smallest absolute Gasteiger partial charge is 0.147 e. The lowest BCUT2D eigenvalue weighted by Crippen LogP contribution is -2.55. The maximum absolute atomic E-state index is 4.74. The predicted octanol–water partition coefficient (Wildman–Crippen LogP) is 2.97. The summed E-state index contributed by atoms with van der Waals surface area (Å²) in [5.41, 5.74) is 1.49. The fourth-order valence-corrected chi connectivity index (χ4v) is 5.08. The van der Waals surface area contributed by atoms with Crippen molar-refractivity contribution in [3.63, 3.8) is 0 Å². The van der Waals surface area contributed by atoms with Crippen LogP contribution < -0.4 is 10.2 Å². The topological polar surface area (TPSA) is 66.8 Å². The van der Waals surface area contributed by atoms with E-state index in [9.17, 15) is 0 Å². The van der Waals surface area contributed by atoms with Crippen LogP contribution in [0, 0.1) is 6.92 Å². The Morgan fingerprint density at radius 3 is 2.88 bits per heavy atom. The fourth-order valence-electron chi connectivity index (χ4n) is 3.77. The number of anilines is 2. The molecule has 0 bridgehead atoms. The third kappa shape index (κ3) is 2.63. The van der Waals surface area contributed by atoms with Crippen LogP contribution in [0.4, 0.5) is 11.6 Å².